The second-order valence-corrected chi connectivity index (χ2v) is 5.87. The highest BCUT2D eigenvalue weighted by atomic mass is 19.1. The number of nitro groups is 1. The van der Waals surface area contributed by atoms with Gasteiger partial charge in [0.25, 0.3) is 0 Å². The van der Waals surface area contributed by atoms with Crippen molar-refractivity contribution in [2.75, 3.05) is 12.4 Å². The van der Waals surface area contributed by atoms with Crippen molar-refractivity contribution in [3.8, 4) is 5.88 Å². The van der Waals surface area contributed by atoms with Gasteiger partial charge in [-0.2, -0.15) is 5.10 Å². The van der Waals surface area contributed by atoms with Gasteiger partial charge in [0.05, 0.1) is 25.1 Å². The summed E-state index contributed by atoms with van der Waals surface area (Å²) in [6.45, 7) is 0.504. The highest BCUT2D eigenvalue weighted by molar-refractivity contribution is 5.89. The Morgan fingerprint density at radius 3 is 2.82 bits per heavy atom. The number of halogens is 1. The molecule has 0 aliphatic rings. The Hall–Kier alpha value is -3.76. The number of carbonyl (C=O) groups excluding carboxylic acids is 1. The van der Waals surface area contributed by atoms with Crippen LogP contribution in [0.1, 0.15) is 12.0 Å². The van der Waals surface area contributed by atoms with E-state index < -0.39 is 4.92 Å². The predicted molar refractivity (Wildman–Crippen MR) is 96.4 cm³/mol. The first kappa shape index (κ1) is 19.0. The number of nitrogens with zero attached hydrogens (tertiary/aromatic N) is 5. The monoisotopic (exact) mass is 388 g/mol. The van der Waals surface area contributed by atoms with Gasteiger partial charge in [-0.3, -0.25) is 24.3 Å². The maximum atomic E-state index is 13.2. The zero-order valence-electron chi connectivity index (χ0n) is 14.9. The summed E-state index contributed by atoms with van der Waals surface area (Å²) in [7, 11) is 1.28. The van der Waals surface area contributed by atoms with E-state index in [-0.39, 0.29) is 36.3 Å². The third kappa shape index (κ3) is 4.69. The summed E-state index contributed by atoms with van der Waals surface area (Å²) < 4.78 is 20.9. The van der Waals surface area contributed by atoms with Crippen LogP contribution in [0.2, 0.25) is 0 Å². The lowest BCUT2D eigenvalue weighted by atomic mass is 10.2. The molecule has 2 heterocycles. The lowest BCUT2D eigenvalue weighted by Gasteiger charge is -2.03. The summed E-state index contributed by atoms with van der Waals surface area (Å²) in [6.07, 6.45) is 2.92. The molecule has 146 valence electrons. The van der Waals surface area contributed by atoms with E-state index in [0.717, 1.165) is 5.56 Å². The molecule has 10 nitrogen and oxygen atoms in total. The van der Waals surface area contributed by atoms with Gasteiger partial charge in [-0.05, 0) is 17.7 Å². The molecule has 0 unspecified atom stereocenters. The molecule has 0 saturated heterocycles. The largest absolute Gasteiger partial charge is 0.475 e. The number of rotatable bonds is 8. The van der Waals surface area contributed by atoms with Crippen LogP contribution in [0, 0.1) is 15.9 Å². The zero-order valence-corrected chi connectivity index (χ0v) is 14.9. The Balaban J connectivity index is 1.54. The van der Waals surface area contributed by atoms with E-state index in [1.807, 2.05) is 0 Å². The van der Waals surface area contributed by atoms with Crippen LogP contribution in [0.5, 0.6) is 5.88 Å². The molecule has 28 heavy (non-hydrogen) atoms. The minimum atomic E-state index is -0.604. The lowest BCUT2D eigenvalue weighted by Crippen LogP contribution is -2.15. The van der Waals surface area contributed by atoms with Crippen molar-refractivity contribution in [3.05, 3.63) is 64.2 Å². The zero-order chi connectivity index (χ0) is 20.1. The molecule has 0 spiro atoms. The van der Waals surface area contributed by atoms with E-state index in [1.165, 1.54) is 30.1 Å². The quantitative estimate of drug-likeness (QED) is 0.467. The first-order valence-corrected chi connectivity index (χ1v) is 8.28. The summed E-state index contributed by atoms with van der Waals surface area (Å²) in [4.78, 5) is 22.4. The average Bonchev–Trinajstić information content (AvgIpc) is 3.26. The fourth-order valence-corrected chi connectivity index (χ4v) is 2.54. The van der Waals surface area contributed by atoms with E-state index in [2.05, 4.69) is 15.5 Å². The van der Waals surface area contributed by atoms with Gasteiger partial charge in [-0.1, -0.05) is 12.1 Å². The molecule has 1 amide bonds. The van der Waals surface area contributed by atoms with Gasteiger partial charge in [0.1, 0.15) is 12.0 Å². The predicted octanol–water partition coefficient (Wildman–Crippen LogP) is 2.21. The van der Waals surface area contributed by atoms with Crippen LogP contribution in [0.3, 0.4) is 0 Å². The molecule has 0 atom stereocenters. The Morgan fingerprint density at radius 1 is 1.32 bits per heavy atom. The number of aromatic nitrogens is 4. The van der Waals surface area contributed by atoms with Crippen molar-refractivity contribution in [2.45, 2.75) is 19.5 Å². The highest BCUT2D eigenvalue weighted by Gasteiger charge is 2.20. The van der Waals surface area contributed by atoms with Gasteiger partial charge in [-0.25, -0.2) is 4.39 Å². The average molecular weight is 388 g/mol. The van der Waals surface area contributed by atoms with Crippen LogP contribution in [0.15, 0.2) is 42.7 Å². The fourth-order valence-electron chi connectivity index (χ4n) is 2.54. The van der Waals surface area contributed by atoms with Gasteiger partial charge < -0.3 is 10.1 Å². The molecule has 0 aliphatic heterocycles. The fraction of sp³-hybridized carbons (Fsp3) is 0.235. The first-order valence-electron chi connectivity index (χ1n) is 8.28. The molecule has 1 N–H and O–H groups in total. The highest BCUT2D eigenvalue weighted by Crippen LogP contribution is 2.24. The van der Waals surface area contributed by atoms with Crippen LogP contribution < -0.4 is 10.1 Å². The smallest absolute Gasteiger partial charge is 0.350 e. The molecule has 11 heteroatoms. The first-order chi connectivity index (χ1) is 13.4. The van der Waals surface area contributed by atoms with Crippen molar-refractivity contribution < 1.29 is 18.8 Å². The number of aryl methyl sites for hydroxylation is 1. The molecular weight excluding hydrogens is 371 g/mol. The Morgan fingerprint density at radius 2 is 2.14 bits per heavy atom. The molecule has 0 fully saturated rings. The van der Waals surface area contributed by atoms with Crippen LogP contribution >= 0.6 is 0 Å². The van der Waals surface area contributed by atoms with Crippen molar-refractivity contribution in [2.24, 2.45) is 0 Å². The summed E-state index contributed by atoms with van der Waals surface area (Å²) in [5.41, 5.74) is 0.481. The van der Waals surface area contributed by atoms with E-state index in [1.54, 1.807) is 29.1 Å². The molecule has 2 aromatic heterocycles. The van der Waals surface area contributed by atoms with E-state index >= 15 is 0 Å². The number of carbonyl (C=O) groups is 1. The van der Waals surface area contributed by atoms with Gasteiger partial charge >= 0.3 is 11.6 Å². The molecule has 1 aromatic carbocycles. The maximum absolute atomic E-state index is 13.2. The van der Waals surface area contributed by atoms with Gasteiger partial charge in [0, 0.05) is 18.7 Å². The normalized spacial score (nSPS) is 10.6. The van der Waals surface area contributed by atoms with Crippen molar-refractivity contribution in [1.82, 2.24) is 19.6 Å². The minimum Gasteiger partial charge on any atom is -0.475 e. The standard InChI is InChI=1S/C17H17FN6O4/c1-28-17-14(24(26)27)11-23(21-17)8-6-16(25)19-15-5-7-22(20-15)10-12-3-2-4-13(18)9-12/h2-5,7,9,11H,6,8,10H2,1H3,(H,19,20,25). The molecular formula is C17H17FN6O4. The van der Waals surface area contributed by atoms with E-state index in [0.29, 0.717) is 12.4 Å². The molecule has 0 saturated carbocycles. The number of amides is 1. The summed E-state index contributed by atoms with van der Waals surface area (Å²) in [5, 5.41) is 21.6. The van der Waals surface area contributed by atoms with Gasteiger partial charge in [-0.15, -0.1) is 5.10 Å². The molecule has 0 aliphatic carbocycles. The molecule has 0 radical (unpaired) electrons. The topological polar surface area (TPSA) is 117 Å². The van der Waals surface area contributed by atoms with Crippen molar-refractivity contribution >= 4 is 17.4 Å². The second kappa shape index (κ2) is 8.29. The van der Waals surface area contributed by atoms with Crippen LogP contribution in [-0.2, 0) is 17.9 Å². The third-order valence-electron chi connectivity index (χ3n) is 3.81. The maximum Gasteiger partial charge on any atom is 0.350 e. The van der Waals surface area contributed by atoms with Gasteiger partial charge in [0.15, 0.2) is 5.82 Å². The summed E-state index contributed by atoms with van der Waals surface area (Å²) in [5.74, 6) is -0.409. The molecule has 3 aromatic rings. The second-order valence-electron chi connectivity index (χ2n) is 5.87. The van der Waals surface area contributed by atoms with E-state index in [9.17, 15) is 19.3 Å². The van der Waals surface area contributed by atoms with Crippen LogP contribution in [0.25, 0.3) is 0 Å². The number of ether oxygens (including phenoxy) is 1. The minimum absolute atomic E-state index is 0.0404. The number of benzene rings is 1. The number of methoxy groups -OCH3 is 1. The number of hydrogen-bond donors (Lipinski definition) is 1. The Kier molecular flexibility index (Phi) is 5.63. The summed E-state index contributed by atoms with van der Waals surface area (Å²) in [6, 6.07) is 7.80. The van der Waals surface area contributed by atoms with Crippen molar-refractivity contribution in [3.63, 3.8) is 0 Å². The number of anilines is 1. The Bertz CT molecular complexity index is 999. The Labute approximate surface area is 158 Å². The van der Waals surface area contributed by atoms with Crippen LogP contribution in [0.4, 0.5) is 15.9 Å². The SMILES string of the molecule is COc1nn(CCC(=O)Nc2ccn(Cc3cccc(F)c3)n2)cc1[N+](=O)[O-]. The van der Waals surface area contributed by atoms with Gasteiger partial charge in [0.2, 0.25) is 5.91 Å². The lowest BCUT2D eigenvalue weighted by molar-refractivity contribution is -0.385. The molecule has 0 bridgehead atoms. The third-order valence-corrected chi connectivity index (χ3v) is 3.81. The van der Waals surface area contributed by atoms with Crippen molar-refractivity contribution in [1.29, 1.82) is 0 Å². The number of hydrogen-bond acceptors (Lipinski definition) is 6. The van der Waals surface area contributed by atoms with Crippen LogP contribution in [-0.4, -0.2) is 37.5 Å². The number of nitrogens with one attached hydrogen (secondary N) is 1. The molecule has 3 rings (SSSR count). The summed E-state index contributed by atoms with van der Waals surface area (Å²) >= 11 is 0. The van der Waals surface area contributed by atoms with E-state index in [4.69, 9.17) is 4.74 Å².